The van der Waals surface area contributed by atoms with Gasteiger partial charge < -0.3 is 9.80 Å². The molecule has 7 aromatic rings. The number of benzene rings is 7. The van der Waals surface area contributed by atoms with Gasteiger partial charge in [-0.15, -0.1) is 0 Å². The van der Waals surface area contributed by atoms with Gasteiger partial charge in [-0.2, -0.15) is 0 Å². The maximum Gasteiger partial charge on any atom is 0.123 e. The zero-order chi connectivity index (χ0) is 33.8. The molecule has 50 heavy (non-hydrogen) atoms. The average Bonchev–Trinajstić information content (AvgIpc) is 3.15. The number of anilines is 6. The minimum absolute atomic E-state index is 0.311. The first kappa shape index (κ1) is 30.7. The van der Waals surface area contributed by atoms with Crippen molar-refractivity contribution in [3.63, 3.8) is 0 Å². The van der Waals surface area contributed by atoms with Gasteiger partial charge in [-0.25, -0.2) is 8.78 Å². The van der Waals surface area contributed by atoms with E-state index in [0.717, 1.165) is 81.5 Å². The van der Waals surface area contributed by atoms with Crippen LogP contribution in [0, 0.1) is 11.6 Å². The summed E-state index contributed by atoms with van der Waals surface area (Å²) in [6.07, 6.45) is 0.651. The first-order chi connectivity index (χ1) is 24.6. The first-order valence-electron chi connectivity index (χ1n) is 16.6. The first-order valence-corrected chi connectivity index (χ1v) is 18.3. The van der Waals surface area contributed by atoms with Crippen LogP contribution < -0.4 is 9.80 Å². The number of fused-ring (bicyclic) bond motifs is 4. The number of nitrogens with zero attached hydrogens (tertiary/aromatic N) is 2. The van der Waals surface area contributed by atoms with E-state index in [1.165, 1.54) is 12.1 Å². The fourth-order valence-corrected chi connectivity index (χ4v) is 9.32. The second-order valence-electron chi connectivity index (χ2n) is 12.3. The monoisotopic (exact) mass is 688 g/mol. The molecule has 242 valence electrons. The lowest BCUT2D eigenvalue weighted by Gasteiger charge is -2.40. The van der Waals surface area contributed by atoms with Gasteiger partial charge in [-0.1, -0.05) is 103 Å². The lowest BCUT2D eigenvalue weighted by molar-refractivity contribution is 0.628. The molecule has 0 fully saturated rings. The summed E-state index contributed by atoms with van der Waals surface area (Å²) in [5, 5.41) is 0. The molecule has 0 saturated carbocycles. The van der Waals surface area contributed by atoms with E-state index in [1.807, 2.05) is 12.1 Å². The SMILES string of the molecule is CCc1c(N2c3ccccc3Sc3ccccc32)c(-c2cccc(F)c2)cc(-c2cccc(F)c2)c1N1c2ccccc2Sc2ccccc21. The van der Waals surface area contributed by atoms with Crippen molar-refractivity contribution in [2.24, 2.45) is 0 Å². The quantitative estimate of drug-likeness (QED) is 0.177. The molecule has 0 spiro atoms. The van der Waals surface area contributed by atoms with E-state index >= 15 is 8.78 Å². The van der Waals surface area contributed by atoms with Crippen molar-refractivity contribution < 1.29 is 8.78 Å². The summed E-state index contributed by atoms with van der Waals surface area (Å²) >= 11 is 3.51. The molecule has 0 N–H and O–H groups in total. The fourth-order valence-electron chi connectivity index (χ4n) is 7.21. The molecule has 0 unspecified atom stereocenters. The molecule has 0 atom stereocenters. The summed E-state index contributed by atoms with van der Waals surface area (Å²) < 4.78 is 30.4. The molecule has 6 heteroatoms. The minimum atomic E-state index is -0.311. The minimum Gasteiger partial charge on any atom is -0.307 e. The third kappa shape index (κ3) is 5.10. The van der Waals surface area contributed by atoms with E-state index in [-0.39, 0.29) is 11.6 Å². The van der Waals surface area contributed by atoms with Crippen molar-refractivity contribution in [2.75, 3.05) is 9.80 Å². The van der Waals surface area contributed by atoms with E-state index in [0.29, 0.717) is 6.42 Å². The fraction of sp³-hybridized carbons (Fsp3) is 0.0455. The van der Waals surface area contributed by atoms with Crippen molar-refractivity contribution in [2.45, 2.75) is 32.9 Å². The number of rotatable bonds is 5. The second kappa shape index (κ2) is 12.5. The van der Waals surface area contributed by atoms with Gasteiger partial charge in [-0.05, 0) is 96.4 Å². The summed E-state index contributed by atoms with van der Waals surface area (Å²) in [6.45, 7) is 2.18. The van der Waals surface area contributed by atoms with Gasteiger partial charge in [0.15, 0.2) is 0 Å². The lowest BCUT2D eigenvalue weighted by Crippen LogP contribution is -2.22. The van der Waals surface area contributed by atoms with Gasteiger partial charge >= 0.3 is 0 Å². The van der Waals surface area contributed by atoms with Crippen molar-refractivity contribution >= 4 is 57.6 Å². The van der Waals surface area contributed by atoms with Gasteiger partial charge in [0.05, 0.1) is 34.1 Å². The maximum absolute atomic E-state index is 15.2. The molecule has 0 radical (unpaired) electrons. The highest BCUT2D eigenvalue weighted by Crippen LogP contribution is 2.59. The molecule has 2 aliphatic heterocycles. The number of hydrogen-bond acceptors (Lipinski definition) is 4. The Hall–Kier alpha value is -5.30. The molecule has 0 aromatic heterocycles. The molecule has 2 aliphatic rings. The van der Waals surface area contributed by atoms with Gasteiger partial charge in [0, 0.05) is 36.3 Å². The lowest BCUT2D eigenvalue weighted by atomic mass is 9.88. The van der Waals surface area contributed by atoms with Crippen LogP contribution in [-0.4, -0.2) is 0 Å². The molecule has 0 aliphatic carbocycles. The van der Waals surface area contributed by atoms with Crippen molar-refractivity contribution in [1.82, 2.24) is 0 Å². The average molecular weight is 689 g/mol. The summed E-state index contributed by atoms with van der Waals surface area (Å²) in [5.41, 5.74) is 10.5. The van der Waals surface area contributed by atoms with Crippen LogP contribution in [0.25, 0.3) is 22.3 Å². The summed E-state index contributed by atoms with van der Waals surface area (Å²) in [4.78, 5) is 9.27. The summed E-state index contributed by atoms with van der Waals surface area (Å²) in [6, 6.07) is 49.6. The Morgan fingerprint density at radius 3 is 1.14 bits per heavy atom. The predicted octanol–water partition coefficient (Wildman–Crippen LogP) is 13.7. The molecule has 9 rings (SSSR count). The van der Waals surface area contributed by atoms with Gasteiger partial charge in [0.25, 0.3) is 0 Å². The number of para-hydroxylation sites is 4. The maximum atomic E-state index is 15.2. The number of halogens is 2. The Labute approximate surface area is 299 Å². The Morgan fingerprint density at radius 1 is 0.440 bits per heavy atom. The van der Waals surface area contributed by atoms with E-state index in [2.05, 4.69) is 120 Å². The molecule has 2 heterocycles. The Balaban J connectivity index is 1.47. The van der Waals surface area contributed by atoms with Gasteiger partial charge in [0.2, 0.25) is 0 Å². The normalized spacial score (nSPS) is 12.9. The third-order valence-corrected chi connectivity index (χ3v) is 11.6. The topological polar surface area (TPSA) is 6.48 Å². The number of hydrogen-bond donors (Lipinski definition) is 0. The standard InChI is InChI=1S/C44H30F2N2S2/c1-2-32-43(47-35-17-3-7-21-39(35)49-40-22-8-4-18-36(40)47)33(28-13-11-15-30(45)25-28)27-34(29-14-12-16-31(46)26-29)44(32)48-37-19-5-9-23-41(37)50-42-24-10-6-20-38(42)48/h3-27H,2H2,1H3. The van der Waals surface area contributed by atoms with Crippen LogP contribution in [0.15, 0.2) is 171 Å². The van der Waals surface area contributed by atoms with Gasteiger partial charge in [-0.3, -0.25) is 0 Å². The van der Waals surface area contributed by atoms with E-state index < -0.39 is 0 Å². The molecule has 2 nitrogen and oxygen atoms in total. The molecular weight excluding hydrogens is 659 g/mol. The smallest absolute Gasteiger partial charge is 0.123 e. The Bertz CT molecular complexity index is 2190. The van der Waals surface area contributed by atoms with E-state index in [1.54, 1.807) is 47.8 Å². The summed E-state index contributed by atoms with van der Waals surface area (Å²) in [7, 11) is 0. The van der Waals surface area contributed by atoms with Crippen LogP contribution in [0.2, 0.25) is 0 Å². The molecular formula is C44H30F2N2S2. The van der Waals surface area contributed by atoms with Crippen LogP contribution in [0.1, 0.15) is 12.5 Å². The highest BCUT2D eigenvalue weighted by atomic mass is 32.2. The second-order valence-corrected chi connectivity index (χ2v) is 14.4. The predicted molar refractivity (Wildman–Crippen MR) is 204 cm³/mol. The van der Waals surface area contributed by atoms with Crippen molar-refractivity contribution in [3.8, 4) is 22.3 Å². The molecule has 0 saturated heterocycles. The van der Waals surface area contributed by atoms with Crippen molar-refractivity contribution in [3.05, 3.63) is 169 Å². The van der Waals surface area contributed by atoms with Crippen LogP contribution in [-0.2, 0) is 6.42 Å². The van der Waals surface area contributed by atoms with Crippen LogP contribution >= 0.6 is 23.5 Å². The Morgan fingerprint density at radius 2 is 0.800 bits per heavy atom. The summed E-state index contributed by atoms with van der Waals surface area (Å²) in [5.74, 6) is -0.623. The highest BCUT2D eigenvalue weighted by Gasteiger charge is 2.34. The zero-order valence-corrected chi connectivity index (χ0v) is 28.7. The van der Waals surface area contributed by atoms with Crippen LogP contribution in [0.4, 0.5) is 42.9 Å². The van der Waals surface area contributed by atoms with Crippen LogP contribution in [0.5, 0.6) is 0 Å². The molecule has 7 aromatic carbocycles. The third-order valence-electron chi connectivity index (χ3n) is 9.31. The van der Waals surface area contributed by atoms with Crippen molar-refractivity contribution in [1.29, 1.82) is 0 Å². The highest BCUT2D eigenvalue weighted by molar-refractivity contribution is 8.00. The van der Waals surface area contributed by atoms with E-state index in [4.69, 9.17) is 0 Å². The molecule has 0 bridgehead atoms. The molecule has 0 amide bonds. The largest absolute Gasteiger partial charge is 0.307 e. The Kier molecular flexibility index (Phi) is 7.71. The zero-order valence-electron chi connectivity index (χ0n) is 27.1. The van der Waals surface area contributed by atoms with Crippen LogP contribution in [0.3, 0.4) is 0 Å². The van der Waals surface area contributed by atoms with Gasteiger partial charge in [0.1, 0.15) is 11.6 Å². The van der Waals surface area contributed by atoms with E-state index in [9.17, 15) is 0 Å².